The number of aryl methyl sites for hydroxylation is 1. The fourth-order valence-electron chi connectivity index (χ4n) is 1.34. The van der Waals surface area contributed by atoms with Gasteiger partial charge in [-0.3, -0.25) is 5.32 Å². The lowest BCUT2D eigenvalue weighted by Gasteiger charge is -2.24. The molecule has 1 unspecified atom stereocenters. The van der Waals surface area contributed by atoms with Crippen molar-refractivity contribution in [3.05, 3.63) is 21.9 Å². The number of hydrogen-bond acceptors (Lipinski definition) is 2. The van der Waals surface area contributed by atoms with E-state index in [9.17, 15) is 0 Å². The SMILES string of the molecule is C#CC(C)(C)NC(C)c1ccc(C)s1. The van der Waals surface area contributed by atoms with Gasteiger partial charge in [0.05, 0.1) is 5.54 Å². The van der Waals surface area contributed by atoms with Crippen molar-refractivity contribution in [2.24, 2.45) is 0 Å². The van der Waals surface area contributed by atoms with E-state index in [2.05, 4.69) is 37.2 Å². The molecule has 0 fully saturated rings. The molecule has 2 heteroatoms. The second-order valence-electron chi connectivity index (χ2n) is 4.08. The van der Waals surface area contributed by atoms with Crippen LogP contribution in [0.15, 0.2) is 12.1 Å². The van der Waals surface area contributed by atoms with E-state index in [-0.39, 0.29) is 5.54 Å². The third kappa shape index (κ3) is 2.87. The maximum Gasteiger partial charge on any atom is 0.0746 e. The summed E-state index contributed by atoms with van der Waals surface area (Å²) < 4.78 is 0. The van der Waals surface area contributed by atoms with Crippen molar-refractivity contribution < 1.29 is 0 Å². The molecule has 0 radical (unpaired) electrons. The van der Waals surface area contributed by atoms with E-state index in [1.165, 1.54) is 9.75 Å². The van der Waals surface area contributed by atoms with Crippen LogP contribution in [0.3, 0.4) is 0 Å². The number of thiophene rings is 1. The van der Waals surface area contributed by atoms with Gasteiger partial charge in [-0.2, -0.15) is 0 Å². The Morgan fingerprint density at radius 1 is 1.50 bits per heavy atom. The molecule has 1 heterocycles. The molecule has 1 N–H and O–H groups in total. The molecular weight excluding hydrogens is 190 g/mol. The van der Waals surface area contributed by atoms with Gasteiger partial charge in [0.15, 0.2) is 0 Å². The molecule has 0 aromatic carbocycles. The van der Waals surface area contributed by atoms with Crippen LogP contribution in [0.4, 0.5) is 0 Å². The summed E-state index contributed by atoms with van der Waals surface area (Å²) in [5, 5.41) is 3.41. The van der Waals surface area contributed by atoms with Crippen molar-refractivity contribution in [2.45, 2.75) is 39.3 Å². The highest BCUT2D eigenvalue weighted by Gasteiger charge is 2.18. The number of rotatable bonds is 3. The Kier molecular flexibility index (Phi) is 3.36. The van der Waals surface area contributed by atoms with Crippen LogP contribution < -0.4 is 5.32 Å². The molecule has 1 rings (SSSR count). The predicted octanol–water partition coefficient (Wildman–Crippen LogP) is 3.12. The van der Waals surface area contributed by atoms with Crippen LogP contribution in [-0.4, -0.2) is 5.54 Å². The molecule has 14 heavy (non-hydrogen) atoms. The number of hydrogen-bond donors (Lipinski definition) is 1. The van der Waals surface area contributed by atoms with Crippen LogP contribution in [0, 0.1) is 19.3 Å². The summed E-state index contributed by atoms with van der Waals surface area (Å²) in [4.78, 5) is 2.68. The summed E-state index contributed by atoms with van der Waals surface area (Å²) in [5.41, 5.74) is -0.239. The third-order valence-electron chi connectivity index (χ3n) is 2.13. The van der Waals surface area contributed by atoms with Crippen LogP contribution in [0.2, 0.25) is 0 Å². The van der Waals surface area contributed by atoms with E-state index in [0.717, 1.165) is 0 Å². The van der Waals surface area contributed by atoms with Crippen LogP contribution in [-0.2, 0) is 0 Å². The summed E-state index contributed by atoms with van der Waals surface area (Å²) in [6, 6.07) is 4.62. The largest absolute Gasteiger partial charge is 0.294 e. The highest BCUT2D eigenvalue weighted by molar-refractivity contribution is 7.12. The maximum absolute atomic E-state index is 5.43. The minimum atomic E-state index is -0.239. The molecule has 0 aliphatic heterocycles. The second-order valence-corrected chi connectivity index (χ2v) is 5.40. The van der Waals surface area contributed by atoms with Crippen LogP contribution in [0.1, 0.15) is 36.6 Å². The molecule has 0 amide bonds. The second kappa shape index (κ2) is 4.16. The van der Waals surface area contributed by atoms with Crippen LogP contribution in [0.25, 0.3) is 0 Å². The van der Waals surface area contributed by atoms with Crippen molar-refractivity contribution in [2.75, 3.05) is 0 Å². The van der Waals surface area contributed by atoms with Gasteiger partial charge in [-0.05, 0) is 39.8 Å². The quantitative estimate of drug-likeness (QED) is 0.751. The van der Waals surface area contributed by atoms with Crippen LogP contribution >= 0.6 is 11.3 Å². The van der Waals surface area contributed by atoms with Gasteiger partial charge in [0.25, 0.3) is 0 Å². The van der Waals surface area contributed by atoms with Gasteiger partial charge < -0.3 is 0 Å². The van der Waals surface area contributed by atoms with Gasteiger partial charge in [0.2, 0.25) is 0 Å². The van der Waals surface area contributed by atoms with Gasteiger partial charge in [-0.15, -0.1) is 17.8 Å². The van der Waals surface area contributed by atoms with E-state index in [4.69, 9.17) is 6.42 Å². The molecule has 1 atom stereocenters. The summed E-state index contributed by atoms with van der Waals surface area (Å²) in [7, 11) is 0. The molecule has 0 aliphatic rings. The van der Waals surface area contributed by atoms with E-state index >= 15 is 0 Å². The summed E-state index contributed by atoms with van der Waals surface area (Å²) in [5.74, 6) is 2.74. The van der Waals surface area contributed by atoms with Crippen molar-refractivity contribution >= 4 is 11.3 Å². The Bertz CT molecular complexity index is 343. The molecule has 1 aromatic rings. The molecule has 0 spiro atoms. The van der Waals surface area contributed by atoms with E-state index in [0.29, 0.717) is 6.04 Å². The monoisotopic (exact) mass is 207 g/mol. The lowest BCUT2D eigenvalue weighted by Crippen LogP contribution is -2.39. The highest BCUT2D eigenvalue weighted by atomic mass is 32.1. The Balaban J connectivity index is 2.69. The lowest BCUT2D eigenvalue weighted by atomic mass is 10.1. The maximum atomic E-state index is 5.43. The zero-order chi connectivity index (χ0) is 10.8. The summed E-state index contributed by atoms with van der Waals surface area (Å²) in [6.45, 7) is 8.30. The number of nitrogens with one attached hydrogen (secondary N) is 1. The zero-order valence-corrected chi connectivity index (χ0v) is 10.0. The zero-order valence-electron chi connectivity index (χ0n) is 9.22. The van der Waals surface area contributed by atoms with Gasteiger partial charge in [0.1, 0.15) is 0 Å². The first kappa shape index (κ1) is 11.3. The average Bonchev–Trinajstić information content (AvgIpc) is 2.51. The van der Waals surface area contributed by atoms with E-state index in [1.54, 1.807) is 0 Å². The lowest BCUT2D eigenvalue weighted by molar-refractivity contribution is 0.435. The minimum absolute atomic E-state index is 0.239. The van der Waals surface area contributed by atoms with Gasteiger partial charge in [-0.1, -0.05) is 5.92 Å². The Morgan fingerprint density at radius 3 is 2.57 bits per heavy atom. The van der Waals surface area contributed by atoms with Gasteiger partial charge >= 0.3 is 0 Å². The normalized spacial score (nSPS) is 13.6. The highest BCUT2D eigenvalue weighted by Crippen LogP contribution is 2.23. The molecule has 0 saturated heterocycles. The first-order chi connectivity index (χ1) is 6.44. The van der Waals surface area contributed by atoms with E-state index < -0.39 is 0 Å². The van der Waals surface area contributed by atoms with Gasteiger partial charge in [-0.25, -0.2) is 0 Å². The molecule has 0 aliphatic carbocycles. The predicted molar refractivity (Wildman–Crippen MR) is 63.5 cm³/mol. The molecule has 76 valence electrons. The fraction of sp³-hybridized carbons (Fsp3) is 0.500. The summed E-state index contributed by atoms with van der Waals surface area (Å²) >= 11 is 1.82. The van der Waals surface area contributed by atoms with Crippen molar-refractivity contribution in [1.82, 2.24) is 5.32 Å². The van der Waals surface area contributed by atoms with Crippen LogP contribution in [0.5, 0.6) is 0 Å². The van der Waals surface area contributed by atoms with Crippen molar-refractivity contribution in [3.8, 4) is 12.3 Å². The van der Waals surface area contributed by atoms with Crippen molar-refractivity contribution in [1.29, 1.82) is 0 Å². The molecular formula is C12H17NS. The average molecular weight is 207 g/mol. The Hall–Kier alpha value is -0.780. The third-order valence-corrected chi connectivity index (χ3v) is 3.31. The molecule has 1 aromatic heterocycles. The smallest absolute Gasteiger partial charge is 0.0746 e. The Morgan fingerprint density at radius 2 is 2.14 bits per heavy atom. The van der Waals surface area contributed by atoms with Crippen molar-refractivity contribution in [3.63, 3.8) is 0 Å². The Labute approximate surface area is 90.5 Å². The topological polar surface area (TPSA) is 12.0 Å². The first-order valence-electron chi connectivity index (χ1n) is 4.76. The summed E-state index contributed by atoms with van der Waals surface area (Å²) in [6.07, 6.45) is 5.43. The molecule has 0 saturated carbocycles. The van der Waals surface area contributed by atoms with E-state index in [1.807, 2.05) is 25.2 Å². The first-order valence-corrected chi connectivity index (χ1v) is 5.58. The standard InChI is InChI=1S/C12H17NS/c1-6-12(4,5)13-10(3)11-8-7-9(2)14-11/h1,7-8,10,13H,2-5H3. The number of terminal acetylenes is 1. The van der Waals surface area contributed by atoms with Gasteiger partial charge in [0, 0.05) is 15.8 Å². The minimum Gasteiger partial charge on any atom is -0.294 e. The molecule has 1 nitrogen and oxygen atoms in total. The molecule has 0 bridgehead atoms. The fourth-order valence-corrected chi connectivity index (χ4v) is 2.22.